The molecule has 3 saturated heterocycles. The number of aromatic nitrogens is 3. The van der Waals surface area contributed by atoms with Crippen LogP contribution in [0.1, 0.15) is 53.2 Å². The molecule has 3 aliphatic heterocycles. The van der Waals surface area contributed by atoms with Gasteiger partial charge >= 0.3 is 0 Å². The fourth-order valence-corrected chi connectivity index (χ4v) is 8.52. The molecule has 0 saturated carbocycles. The number of carbonyl (C=O) groups excluding carboxylic acids is 3. The quantitative estimate of drug-likeness (QED) is 0.103. The van der Waals surface area contributed by atoms with Crippen molar-refractivity contribution in [3.05, 3.63) is 113 Å². The Morgan fingerprint density at radius 3 is 2.50 bits per heavy atom. The summed E-state index contributed by atoms with van der Waals surface area (Å²) in [4.78, 5) is 42.9. The van der Waals surface area contributed by atoms with Gasteiger partial charge in [-0.3, -0.25) is 29.7 Å². The van der Waals surface area contributed by atoms with E-state index in [2.05, 4.69) is 42.0 Å². The summed E-state index contributed by atoms with van der Waals surface area (Å²) < 4.78 is 41.6. The van der Waals surface area contributed by atoms with Gasteiger partial charge in [0.05, 0.1) is 16.6 Å². The van der Waals surface area contributed by atoms with E-state index < -0.39 is 17.7 Å². The third-order valence-corrected chi connectivity index (χ3v) is 11.7. The fraction of sp³-hybridized carbons (Fsp3) is 0.333. The average Bonchev–Trinajstić information content (AvgIpc) is 3.85. The highest BCUT2D eigenvalue weighted by Crippen LogP contribution is 2.32. The number of nitrogens with one attached hydrogen (secondary N) is 4. The van der Waals surface area contributed by atoms with Crippen molar-refractivity contribution in [3.63, 3.8) is 0 Å². The molecule has 5 heterocycles. The van der Waals surface area contributed by atoms with Gasteiger partial charge < -0.3 is 29.6 Å². The van der Waals surface area contributed by atoms with Crippen LogP contribution in [0.25, 0.3) is 21.8 Å². The van der Waals surface area contributed by atoms with E-state index >= 15 is 0 Å². The molecule has 13 nitrogen and oxygen atoms in total. The zero-order valence-corrected chi connectivity index (χ0v) is 33.0. The highest BCUT2D eigenvalue weighted by molar-refractivity contribution is 6.11. The summed E-state index contributed by atoms with van der Waals surface area (Å²) >= 11 is 0. The van der Waals surface area contributed by atoms with Crippen molar-refractivity contribution < 1.29 is 32.6 Å². The number of amides is 3. The number of halogens is 2. The Kier molecular flexibility index (Phi) is 11.2. The zero-order valence-electron chi connectivity index (χ0n) is 33.0. The number of piperazine rings is 1. The average molecular weight is 817 g/mol. The summed E-state index contributed by atoms with van der Waals surface area (Å²) in [7, 11) is 0. The first-order valence-electron chi connectivity index (χ1n) is 20.5. The molecule has 3 fully saturated rings. The number of rotatable bonds is 12. The number of piperidine rings is 1. The molecule has 9 rings (SSSR count). The standard InChI is InChI=1S/C45H46F2N8O5/c46-30-23-29(24-31(47)26-30)22-28-4-7-37-36(25-28)43(52-51-37)50-44(57)34-6-5-33(27-38(34)48-32-11-19-59-20-12-32)54-16-14-53(15-17-54)18-21-60-41-3-1-2-39-35(41)10-13-55(39)40-8-9-42(56)49-45(40)58/h1-7,10,13,23-27,32,40,48H,8-9,11-12,14-22H2,(H,49,56,58)(H2,50,51,52,57). The number of hydrogen-bond acceptors (Lipinski definition) is 9. The second-order valence-corrected chi connectivity index (χ2v) is 15.7. The number of aromatic amines is 1. The third-order valence-electron chi connectivity index (χ3n) is 11.7. The topological polar surface area (TPSA) is 146 Å². The van der Waals surface area contributed by atoms with Gasteiger partial charge in [-0.05, 0) is 97.5 Å². The minimum absolute atomic E-state index is 0.153. The van der Waals surface area contributed by atoms with Crippen LogP contribution in [0.2, 0.25) is 0 Å². The molecule has 4 aromatic carbocycles. The molecule has 0 radical (unpaired) electrons. The van der Waals surface area contributed by atoms with E-state index in [0.29, 0.717) is 61.4 Å². The van der Waals surface area contributed by atoms with Crippen LogP contribution >= 0.6 is 0 Å². The van der Waals surface area contributed by atoms with Crippen LogP contribution in [0.5, 0.6) is 5.75 Å². The normalized spacial score (nSPS) is 17.9. The Bertz CT molecular complexity index is 2540. The van der Waals surface area contributed by atoms with Gasteiger partial charge in [0.2, 0.25) is 11.8 Å². The molecule has 3 amide bonds. The lowest BCUT2D eigenvalue weighted by Crippen LogP contribution is -2.47. The van der Waals surface area contributed by atoms with Crippen LogP contribution in [0, 0.1) is 11.6 Å². The molecular formula is C45H46F2N8O5. The fourth-order valence-electron chi connectivity index (χ4n) is 8.52. The van der Waals surface area contributed by atoms with Gasteiger partial charge in [0.15, 0.2) is 5.82 Å². The van der Waals surface area contributed by atoms with Gasteiger partial charge in [-0.2, -0.15) is 5.10 Å². The van der Waals surface area contributed by atoms with Crippen LogP contribution in [-0.2, 0) is 20.7 Å². The van der Waals surface area contributed by atoms with E-state index in [-0.39, 0.29) is 23.8 Å². The number of fused-ring (bicyclic) bond motifs is 2. The van der Waals surface area contributed by atoms with Crippen LogP contribution < -0.4 is 25.6 Å². The molecule has 60 heavy (non-hydrogen) atoms. The molecule has 0 aliphatic carbocycles. The Balaban J connectivity index is 0.845. The molecule has 6 aromatic rings. The van der Waals surface area contributed by atoms with Crippen LogP contribution in [0.15, 0.2) is 85.1 Å². The SMILES string of the molecule is O=C1CCC(n2ccc3c(OCCN4CCN(c5ccc(C(=O)Nc6n[nH]c7ccc(Cc8cc(F)cc(F)c8)cc67)c(NC6CCOCC6)c5)CC4)cccc32)C(=O)N1. The number of benzene rings is 4. The number of anilines is 3. The maximum Gasteiger partial charge on any atom is 0.258 e. The zero-order chi connectivity index (χ0) is 41.2. The van der Waals surface area contributed by atoms with Crippen LogP contribution in [-0.4, -0.2) is 96.0 Å². The van der Waals surface area contributed by atoms with Gasteiger partial charge in [0.1, 0.15) is 30.0 Å². The van der Waals surface area contributed by atoms with Crippen molar-refractivity contribution >= 4 is 56.7 Å². The summed E-state index contributed by atoms with van der Waals surface area (Å²) in [5.74, 6) is -0.955. The monoisotopic (exact) mass is 816 g/mol. The molecule has 0 spiro atoms. The van der Waals surface area contributed by atoms with Gasteiger partial charge in [0, 0.05) is 92.8 Å². The van der Waals surface area contributed by atoms with Crippen molar-refractivity contribution in [1.82, 2.24) is 25.0 Å². The van der Waals surface area contributed by atoms with Crippen molar-refractivity contribution in [1.29, 1.82) is 0 Å². The van der Waals surface area contributed by atoms with E-state index in [1.54, 1.807) is 0 Å². The molecule has 0 bridgehead atoms. The minimum Gasteiger partial charge on any atom is -0.492 e. The predicted molar refractivity (Wildman–Crippen MR) is 225 cm³/mol. The molecule has 15 heteroatoms. The Morgan fingerprint density at radius 1 is 0.883 bits per heavy atom. The largest absolute Gasteiger partial charge is 0.492 e. The van der Waals surface area contributed by atoms with Gasteiger partial charge in [-0.15, -0.1) is 0 Å². The summed E-state index contributed by atoms with van der Waals surface area (Å²) in [5.41, 5.74) is 5.19. The Hall–Kier alpha value is -6.32. The van der Waals surface area contributed by atoms with Crippen molar-refractivity contribution in [3.8, 4) is 5.75 Å². The van der Waals surface area contributed by atoms with Gasteiger partial charge in [-0.25, -0.2) is 8.78 Å². The lowest BCUT2D eigenvalue weighted by molar-refractivity contribution is -0.135. The van der Waals surface area contributed by atoms with E-state index in [0.717, 1.165) is 90.7 Å². The Morgan fingerprint density at radius 2 is 1.70 bits per heavy atom. The smallest absolute Gasteiger partial charge is 0.258 e. The summed E-state index contributed by atoms with van der Waals surface area (Å²) in [6.45, 7) is 5.84. The first-order valence-corrected chi connectivity index (χ1v) is 20.5. The van der Waals surface area contributed by atoms with E-state index in [4.69, 9.17) is 9.47 Å². The van der Waals surface area contributed by atoms with Crippen LogP contribution in [0.4, 0.5) is 26.0 Å². The summed E-state index contributed by atoms with van der Waals surface area (Å²) in [6, 6.07) is 22.5. The number of imide groups is 1. The Labute approximate surface area is 345 Å². The van der Waals surface area contributed by atoms with E-state index in [1.165, 1.54) is 12.1 Å². The molecule has 1 atom stereocenters. The van der Waals surface area contributed by atoms with Gasteiger partial charge in [0.25, 0.3) is 5.91 Å². The van der Waals surface area contributed by atoms with Crippen LogP contribution in [0.3, 0.4) is 0 Å². The second-order valence-electron chi connectivity index (χ2n) is 15.7. The maximum absolute atomic E-state index is 14.0. The van der Waals surface area contributed by atoms with Crippen molar-refractivity contribution in [2.24, 2.45) is 0 Å². The highest BCUT2D eigenvalue weighted by atomic mass is 19.1. The first kappa shape index (κ1) is 39.2. The number of H-pyrrole nitrogens is 1. The molecule has 4 N–H and O–H groups in total. The first-order chi connectivity index (χ1) is 29.2. The lowest BCUT2D eigenvalue weighted by atomic mass is 10.0. The van der Waals surface area contributed by atoms with Gasteiger partial charge in [-0.1, -0.05) is 12.1 Å². The summed E-state index contributed by atoms with van der Waals surface area (Å²) in [6.07, 6.45) is 4.64. The number of nitrogens with zero attached hydrogens (tertiary/aromatic N) is 4. The minimum atomic E-state index is -0.629. The molecular weight excluding hydrogens is 771 g/mol. The number of hydrogen-bond donors (Lipinski definition) is 4. The second kappa shape index (κ2) is 17.1. The molecule has 3 aliphatic rings. The lowest BCUT2D eigenvalue weighted by Gasteiger charge is -2.36. The highest BCUT2D eigenvalue weighted by Gasteiger charge is 2.29. The van der Waals surface area contributed by atoms with E-state index in [1.807, 2.05) is 65.4 Å². The molecule has 310 valence electrons. The third kappa shape index (κ3) is 8.54. The van der Waals surface area contributed by atoms with E-state index in [9.17, 15) is 23.2 Å². The molecule has 1 unspecified atom stereocenters. The maximum atomic E-state index is 14.0. The van der Waals surface area contributed by atoms with Crippen molar-refractivity contribution in [2.45, 2.75) is 44.2 Å². The molecule has 2 aromatic heterocycles. The number of ether oxygens (including phenoxy) is 2. The van der Waals surface area contributed by atoms with Crippen molar-refractivity contribution in [2.75, 3.05) is 68.1 Å². The predicted octanol–water partition coefficient (Wildman–Crippen LogP) is 6.41. The number of carbonyl (C=O) groups is 3. The summed E-state index contributed by atoms with van der Waals surface area (Å²) in [5, 5.41) is 18.1.